The summed E-state index contributed by atoms with van der Waals surface area (Å²) in [5, 5.41) is 11.2. The summed E-state index contributed by atoms with van der Waals surface area (Å²) in [5.41, 5.74) is 1.70. The van der Waals surface area contributed by atoms with E-state index in [0.29, 0.717) is 24.5 Å². The number of benzene rings is 1. The molecule has 1 fully saturated rings. The van der Waals surface area contributed by atoms with E-state index >= 15 is 0 Å². The number of likely N-dealkylation sites (tertiary alicyclic amines) is 1. The molecule has 3 amide bonds. The number of ether oxygens (including phenoxy) is 1. The highest BCUT2D eigenvalue weighted by atomic mass is 32.1. The average Bonchev–Trinajstić information content (AvgIpc) is 3.27. The number of nitrogens with one attached hydrogen (secondary N) is 3. The largest absolute Gasteiger partial charge is 0.497 e. The Hall–Kier alpha value is -2.65. The molecule has 180 valence electrons. The van der Waals surface area contributed by atoms with E-state index in [1.807, 2.05) is 29.6 Å². The summed E-state index contributed by atoms with van der Waals surface area (Å²) in [6.07, 6.45) is 2.99. The minimum absolute atomic E-state index is 0.0529. The minimum atomic E-state index is -0.311. The summed E-state index contributed by atoms with van der Waals surface area (Å²) in [4.78, 5) is 31.2. The van der Waals surface area contributed by atoms with Crippen molar-refractivity contribution >= 4 is 28.4 Å². The summed E-state index contributed by atoms with van der Waals surface area (Å²) in [7, 11) is 3.75. The number of nitrogens with zero attached hydrogens (tertiary/aromatic N) is 2. The molecule has 0 saturated carbocycles. The van der Waals surface area contributed by atoms with Crippen LogP contribution in [0, 0.1) is 0 Å². The number of carbonyl (C=O) groups is 2. The fourth-order valence-electron chi connectivity index (χ4n) is 3.82. The number of rotatable bonds is 9. The van der Waals surface area contributed by atoms with Gasteiger partial charge in [-0.05, 0) is 57.1 Å². The quantitative estimate of drug-likeness (QED) is 0.484. The van der Waals surface area contributed by atoms with E-state index in [2.05, 4.69) is 46.7 Å². The first-order valence-corrected chi connectivity index (χ1v) is 12.3. The van der Waals surface area contributed by atoms with Gasteiger partial charge in [0.25, 0.3) is 0 Å². The van der Waals surface area contributed by atoms with Crippen LogP contribution in [0.25, 0.3) is 0 Å². The van der Waals surface area contributed by atoms with Gasteiger partial charge in [-0.25, -0.2) is 9.78 Å². The summed E-state index contributed by atoms with van der Waals surface area (Å²) in [6, 6.07) is 7.88. The van der Waals surface area contributed by atoms with Gasteiger partial charge in [-0.1, -0.05) is 26.0 Å². The Labute approximate surface area is 200 Å². The first kappa shape index (κ1) is 25.0. The normalized spacial score (nSPS) is 15.2. The predicted octanol–water partition coefficient (Wildman–Crippen LogP) is 3.59. The van der Waals surface area contributed by atoms with Crippen LogP contribution in [0.1, 0.15) is 50.8 Å². The standard InChI is InChI=1S/C24H35N5O3S/c1-24(2,17-7-9-19(32-4)10-8-17)20-16-33-23(27-20)28-22(31)25-13-5-6-21(30)26-18-11-14-29(3)15-12-18/h7-10,16,18H,5-6,11-15H2,1-4H3,(H,26,30)(H2,25,27,28,31). The SMILES string of the molecule is COc1ccc(C(C)(C)c2csc(NC(=O)NCCCC(=O)NC3CCN(C)CC3)n2)cc1. The highest BCUT2D eigenvalue weighted by molar-refractivity contribution is 7.13. The molecular formula is C24H35N5O3S. The molecule has 1 aliphatic rings. The molecule has 0 spiro atoms. The number of piperidine rings is 1. The first-order chi connectivity index (χ1) is 15.8. The molecule has 0 bridgehead atoms. The van der Waals surface area contributed by atoms with Gasteiger partial charge in [0.05, 0.1) is 12.8 Å². The van der Waals surface area contributed by atoms with Gasteiger partial charge >= 0.3 is 6.03 Å². The second-order valence-corrected chi connectivity index (χ2v) is 9.88. The molecule has 0 unspecified atom stereocenters. The number of thiazole rings is 1. The molecule has 1 aromatic carbocycles. The number of amides is 3. The van der Waals surface area contributed by atoms with Crippen molar-refractivity contribution in [1.29, 1.82) is 0 Å². The van der Waals surface area contributed by atoms with Crippen LogP contribution < -0.4 is 20.7 Å². The Morgan fingerprint density at radius 2 is 1.91 bits per heavy atom. The molecule has 2 aromatic rings. The number of anilines is 1. The summed E-state index contributed by atoms with van der Waals surface area (Å²) in [5.74, 6) is 0.864. The van der Waals surface area contributed by atoms with E-state index < -0.39 is 0 Å². The fraction of sp³-hybridized carbons (Fsp3) is 0.542. The Morgan fingerprint density at radius 1 is 1.21 bits per heavy atom. The molecule has 3 rings (SSSR count). The van der Waals surface area contributed by atoms with Gasteiger partial charge in [0.15, 0.2) is 5.13 Å². The lowest BCUT2D eigenvalue weighted by Gasteiger charge is -2.29. The molecule has 0 atom stereocenters. The zero-order chi connectivity index (χ0) is 23.8. The number of aromatic nitrogens is 1. The van der Waals surface area contributed by atoms with Gasteiger partial charge in [-0.15, -0.1) is 11.3 Å². The van der Waals surface area contributed by atoms with Crippen LogP contribution in [0.4, 0.5) is 9.93 Å². The lowest BCUT2D eigenvalue weighted by atomic mass is 9.82. The van der Waals surface area contributed by atoms with E-state index in [1.54, 1.807) is 7.11 Å². The number of hydrogen-bond acceptors (Lipinski definition) is 6. The van der Waals surface area contributed by atoms with Crippen LogP contribution in [-0.4, -0.2) is 61.7 Å². The number of methoxy groups -OCH3 is 1. The molecule has 0 radical (unpaired) electrons. The summed E-state index contributed by atoms with van der Waals surface area (Å²) >= 11 is 1.40. The number of hydrogen-bond donors (Lipinski definition) is 3. The van der Waals surface area contributed by atoms with Crippen LogP contribution in [-0.2, 0) is 10.2 Å². The van der Waals surface area contributed by atoms with E-state index in [4.69, 9.17) is 4.74 Å². The third kappa shape index (κ3) is 7.17. The van der Waals surface area contributed by atoms with E-state index in [-0.39, 0.29) is 23.4 Å². The van der Waals surface area contributed by atoms with Crippen LogP contribution in [0.2, 0.25) is 0 Å². The molecule has 0 aliphatic carbocycles. The van der Waals surface area contributed by atoms with E-state index in [1.165, 1.54) is 11.3 Å². The molecule has 2 heterocycles. The smallest absolute Gasteiger partial charge is 0.321 e. The maximum atomic E-state index is 12.2. The molecular weight excluding hydrogens is 438 g/mol. The van der Waals surface area contributed by atoms with Crippen molar-refractivity contribution in [3.05, 3.63) is 40.9 Å². The molecule has 8 nitrogen and oxygen atoms in total. The summed E-state index contributed by atoms with van der Waals surface area (Å²) < 4.78 is 5.23. The van der Waals surface area contributed by atoms with Crippen LogP contribution >= 0.6 is 11.3 Å². The number of urea groups is 1. The Kier molecular flexibility index (Phi) is 8.68. The number of carbonyl (C=O) groups excluding carboxylic acids is 2. The van der Waals surface area contributed by atoms with Crippen molar-refractivity contribution in [2.24, 2.45) is 0 Å². The molecule has 33 heavy (non-hydrogen) atoms. The molecule has 9 heteroatoms. The van der Waals surface area contributed by atoms with Crippen molar-refractivity contribution in [2.75, 3.05) is 39.1 Å². The van der Waals surface area contributed by atoms with Crippen LogP contribution in [0.3, 0.4) is 0 Å². The van der Waals surface area contributed by atoms with Gasteiger partial charge in [0.2, 0.25) is 5.91 Å². The van der Waals surface area contributed by atoms with E-state index in [9.17, 15) is 9.59 Å². The van der Waals surface area contributed by atoms with Crippen molar-refractivity contribution in [3.8, 4) is 5.75 Å². The maximum Gasteiger partial charge on any atom is 0.321 e. The Morgan fingerprint density at radius 3 is 2.58 bits per heavy atom. The highest BCUT2D eigenvalue weighted by Crippen LogP contribution is 2.34. The highest BCUT2D eigenvalue weighted by Gasteiger charge is 2.26. The van der Waals surface area contributed by atoms with Gasteiger partial charge in [-0.2, -0.15) is 0 Å². The van der Waals surface area contributed by atoms with Crippen molar-refractivity contribution in [1.82, 2.24) is 20.5 Å². The van der Waals surface area contributed by atoms with Crippen molar-refractivity contribution < 1.29 is 14.3 Å². The van der Waals surface area contributed by atoms with Gasteiger partial charge < -0.3 is 20.3 Å². The van der Waals surface area contributed by atoms with Crippen molar-refractivity contribution in [2.45, 2.75) is 51.0 Å². The zero-order valence-electron chi connectivity index (χ0n) is 19.9. The van der Waals surface area contributed by atoms with Crippen LogP contribution in [0.15, 0.2) is 29.6 Å². The second-order valence-electron chi connectivity index (χ2n) is 9.02. The third-order valence-electron chi connectivity index (χ3n) is 6.13. The zero-order valence-corrected chi connectivity index (χ0v) is 20.8. The second kappa shape index (κ2) is 11.5. The fourth-order valence-corrected chi connectivity index (χ4v) is 4.69. The van der Waals surface area contributed by atoms with Crippen molar-refractivity contribution in [3.63, 3.8) is 0 Å². The van der Waals surface area contributed by atoms with Gasteiger partial charge in [0.1, 0.15) is 5.75 Å². The van der Waals surface area contributed by atoms with Gasteiger partial charge in [0, 0.05) is 29.8 Å². The predicted molar refractivity (Wildman–Crippen MR) is 132 cm³/mol. The van der Waals surface area contributed by atoms with E-state index in [0.717, 1.165) is 42.9 Å². The van der Waals surface area contributed by atoms with Gasteiger partial charge in [-0.3, -0.25) is 10.1 Å². The third-order valence-corrected chi connectivity index (χ3v) is 6.88. The average molecular weight is 474 g/mol. The lowest BCUT2D eigenvalue weighted by Crippen LogP contribution is -2.43. The Bertz CT molecular complexity index is 920. The molecule has 1 saturated heterocycles. The monoisotopic (exact) mass is 473 g/mol. The molecule has 1 aliphatic heterocycles. The summed E-state index contributed by atoms with van der Waals surface area (Å²) in [6.45, 7) is 6.67. The maximum absolute atomic E-state index is 12.2. The van der Waals surface area contributed by atoms with Crippen LogP contribution in [0.5, 0.6) is 5.75 Å². The first-order valence-electron chi connectivity index (χ1n) is 11.4. The Balaban J connectivity index is 1.39. The minimum Gasteiger partial charge on any atom is -0.497 e. The lowest BCUT2D eigenvalue weighted by molar-refractivity contribution is -0.122. The molecule has 1 aromatic heterocycles. The molecule has 3 N–H and O–H groups in total. The topological polar surface area (TPSA) is 95.6 Å².